The zero-order chi connectivity index (χ0) is 18.7. The lowest BCUT2D eigenvalue weighted by atomic mass is 9.96. The Morgan fingerprint density at radius 3 is 2.54 bits per heavy atom. The van der Waals surface area contributed by atoms with E-state index in [9.17, 15) is 9.59 Å². The summed E-state index contributed by atoms with van der Waals surface area (Å²) in [5, 5.41) is 6.95. The van der Waals surface area contributed by atoms with E-state index in [1.807, 2.05) is 43.9 Å². The van der Waals surface area contributed by atoms with Crippen LogP contribution >= 0.6 is 11.5 Å². The fourth-order valence-corrected chi connectivity index (χ4v) is 3.76. The van der Waals surface area contributed by atoms with Gasteiger partial charge in [-0.1, -0.05) is 10.6 Å². The van der Waals surface area contributed by atoms with Crippen molar-refractivity contribution in [1.29, 1.82) is 0 Å². The maximum Gasteiger partial charge on any atom is 0.267 e. The molecule has 7 heteroatoms. The predicted molar refractivity (Wildman–Crippen MR) is 102 cm³/mol. The van der Waals surface area contributed by atoms with Crippen LogP contribution < -0.4 is 5.32 Å². The third-order valence-corrected chi connectivity index (χ3v) is 5.88. The normalized spacial score (nSPS) is 15.1. The first-order valence-corrected chi connectivity index (χ1v) is 9.66. The summed E-state index contributed by atoms with van der Waals surface area (Å²) in [7, 11) is 0. The van der Waals surface area contributed by atoms with E-state index in [1.165, 1.54) is 5.56 Å². The molecule has 1 fully saturated rings. The van der Waals surface area contributed by atoms with Crippen LogP contribution in [0.5, 0.6) is 0 Å². The molecule has 26 heavy (non-hydrogen) atoms. The monoisotopic (exact) mass is 372 g/mol. The van der Waals surface area contributed by atoms with Crippen LogP contribution in [0.3, 0.4) is 0 Å². The first-order chi connectivity index (χ1) is 12.5. The van der Waals surface area contributed by atoms with Crippen molar-refractivity contribution in [2.45, 2.75) is 33.6 Å². The van der Waals surface area contributed by atoms with Gasteiger partial charge in [-0.2, -0.15) is 0 Å². The molecule has 1 aliphatic rings. The maximum absolute atomic E-state index is 12.5. The Balaban J connectivity index is 1.48. The first-order valence-electron chi connectivity index (χ1n) is 8.89. The fraction of sp³-hybridized carbons (Fsp3) is 0.474. The van der Waals surface area contributed by atoms with Crippen molar-refractivity contribution in [2.24, 2.45) is 5.92 Å². The van der Waals surface area contributed by atoms with E-state index in [-0.39, 0.29) is 11.8 Å². The summed E-state index contributed by atoms with van der Waals surface area (Å²) in [6, 6.07) is 5.77. The van der Waals surface area contributed by atoms with Gasteiger partial charge in [-0.05, 0) is 74.3 Å². The van der Waals surface area contributed by atoms with E-state index in [2.05, 4.69) is 14.9 Å². The summed E-state index contributed by atoms with van der Waals surface area (Å²) in [5.74, 6) is 0.392. The summed E-state index contributed by atoms with van der Waals surface area (Å²) >= 11 is 1.16. The highest BCUT2D eigenvalue weighted by Crippen LogP contribution is 2.21. The second kappa shape index (κ2) is 7.95. The lowest BCUT2D eigenvalue weighted by molar-refractivity contribution is 0.0688. The zero-order valence-corrected chi connectivity index (χ0v) is 16.2. The number of likely N-dealkylation sites (tertiary alicyclic amines) is 1. The molecule has 6 nitrogen and oxygen atoms in total. The molecule has 0 spiro atoms. The molecular weight excluding hydrogens is 348 g/mol. The van der Waals surface area contributed by atoms with Crippen LogP contribution in [0.1, 0.15) is 49.7 Å². The van der Waals surface area contributed by atoms with Crippen molar-refractivity contribution < 1.29 is 9.59 Å². The van der Waals surface area contributed by atoms with Crippen molar-refractivity contribution in [3.8, 4) is 0 Å². The van der Waals surface area contributed by atoms with Crippen molar-refractivity contribution >= 4 is 23.3 Å². The Kier molecular flexibility index (Phi) is 5.66. The third-order valence-electron chi connectivity index (χ3n) is 5.07. The van der Waals surface area contributed by atoms with Crippen LogP contribution in [0.2, 0.25) is 0 Å². The number of amides is 2. The van der Waals surface area contributed by atoms with Crippen molar-refractivity contribution in [3.63, 3.8) is 0 Å². The van der Waals surface area contributed by atoms with Crippen LogP contribution in [-0.4, -0.2) is 45.9 Å². The van der Waals surface area contributed by atoms with Crippen LogP contribution in [0.4, 0.5) is 0 Å². The van der Waals surface area contributed by atoms with E-state index in [1.54, 1.807) is 0 Å². The molecule has 0 bridgehead atoms. The third kappa shape index (κ3) is 4.09. The topological polar surface area (TPSA) is 75.2 Å². The molecule has 0 unspecified atom stereocenters. The summed E-state index contributed by atoms with van der Waals surface area (Å²) < 4.78 is 3.84. The molecule has 0 radical (unpaired) electrons. The van der Waals surface area contributed by atoms with Gasteiger partial charge in [0.15, 0.2) is 0 Å². The molecule has 0 atom stereocenters. The molecule has 2 amide bonds. The SMILES string of the molecule is Cc1ccc(C(=O)NCC2CCN(C(=O)c3snnc3C)CC2)cc1C. The number of carbonyl (C=O) groups excluding carboxylic acids is 2. The standard InChI is InChI=1S/C19H24N4O2S/c1-12-4-5-16(10-13(12)2)18(24)20-11-15-6-8-23(9-7-15)19(25)17-14(3)21-22-26-17/h4-5,10,15H,6-9,11H2,1-3H3,(H,20,24). The van der Waals surface area contributed by atoms with Gasteiger partial charge < -0.3 is 10.2 Å². The number of carbonyl (C=O) groups is 2. The lowest BCUT2D eigenvalue weighted by Crippen LogP contribution is -2.41. The van der Waals surface area contributed by atoms with E-state index in [4.69, 9.17) is 0 Å². The van der Waals surface area contributed by atoms with E-state index in [0.29, 0.717) is 41.7 Å². The van der Waals surface area contributed by atoms with Gasteiger partial charge in [0.2, 0.25) is 0 Å². The van der Waals surface area contributed by atoms with Crippen LogP contribution in [-0.2, 0) is 0 Å². The smallest absolute Gasteiger partial charge is 0.267 e. The average Bonchev–Trinajstić information content (AvgIpc) is 3.07. The van der Waals surface area contributed by atoms with Gasteiger partial charge in [0, 0.05) is 25.2 Å². The Labute approximate surface area is 157 Å². The van der Waals surface area contributed by atoms with Crippen LogP contribution in [0.15, 0.2) is 18.2 Å². The second-order valence-electron chi connectivity index (χ2n) is 6.93. The van der Waals surface area contributed by atoms with E-state index < -0.39 is 0 Å². The molecule has 2 aromatic rings. The van der Waals surface area contributed by atoms with Gasteiger partial charge in [0.05, 0.1) is 5.69 Å². The number of nitrogens with one attached hydrogen (secondary N) is 1. The largest absolute Gasteiger partial charge is 0.352 e. The molecule has 0 saturated carbocycles. The average molecular weight is 372 g/mol. The highest BCUT2D eigenvalue weighted by atomic mass is 32.1. The number of nitrogens with zero attached hydrogens (tertiary/aromatic N) is 3. The summed E-state index contributed by atoms with van der Waals surface area (Å²) in [5.41, 5.74) is 3.71. The molecule has 0 aliphatic carbocycles. The van der Waals surface area contributed by atoms with Crippen molar-refractivity contribution in [2.75, 3.05) is 19.6 Å². The number of benzene rings is 1. The van der Waals surface area contributed by atoms with Gasteiger partial charge in [-0.3, -0.25) is 9.59 Å². The Morgan fingerprint density at radius 2 is 1.92 bits per heavy atom. The quantitative estimate of drug-likeness (QED) is 0.895. The highest BCUT2D eigenvalue weighted by Gasteiger charge is 2.26. The van der Waals surface area contributed by atoms with Gasteiger partial charge >= 0.3 is 0 Å². The van der Waals surface area contributed by atoms with Gasteiger partial charge in [-0.15, -0.1) is 5.10 Å². The number of piperidine rings is 1. The van der Waals surface area contributed by atoms with Crippen LogP contribution in [0.25, 0.3) is 0 Å². The molecule has 1 aromatic heterocycles. The first kappa shape index (κ1) is 18.5. The zero-order valence-electron chi connectivity index (χ0n) is 15.4. The molecule has 1 N–H and O–H groups in total. The van der Waals surface area contributed by atoms with Gasteiger partial charge in [0.25, 0.3) is 11.8 Å². The number of hydrogen-bond donors (Lipinski definition) is 1. The fourth-order valence-electron chi connectivity index (χ4n) is 3.13. The number of rotatable bonds is 4. The summed E-state index contributed by atoms with van der Waals surface area (Å²) in [6.07, 6.45) is 1.79. The molecule has 138 valence electrons. The van der Waals surface area contributed by atoms with Crippen molar-refractivity contribution in [3.05, 3.63) is 45.5 Å². The maximum atomic E-state index is 12.5. The number of hydrogen-bond acceptors (Lipinski definition) is 5. The van der Waals surface area contributed by atoms with Gasteiger partial charge in [-0.25, -0.2) is 0 Å². The highest BCUT2D eigenvalue weighted by molar-refractivity contribution is 7.07. The van der Waals surface area contributed by atoms with Gasteiger partial charge in [0.1, 0.15) is 4.88 Å². The number of aromatic nitrogens is 2. The summed E-state index contributed by atoms with van der Waals surface area (Å²) in [6.45, 7) is 7.93. The Bertz CT molecular complexity index is 810. The Morgan fingerprint density at radius 1 is 1.19 bits per heavy atom. The van der Waals surface area contributed by atoms with Crippen LogP contribution in [0, 0.1) is 26.7 Å². The predicted octanol–water partition coefficient (Wildman–Crippen LogP) is 2.75. The number of aryl methyl sites for hydroxylation is 3. The minimum atomic E-state index is -0.0297. The molecule has 2 heterocycles. The lowest BCUT2D eigenvalue weighted by Gasteiger charge is -2.31. The minimum Gasteiger partial charge on any atom is -0.352 e. The molecule has 3 rings (SSSR count). The van der Waals surface area contributed by atoms with E-state index >= 15 is 0 Å². The molecule has 1 saturated heterocycles. The Hall–Kier alpha value is -2.28. The second-order valence-corrected chi connectivity index (χ2v) is 7.69. The summed E-state index contributed by atoms with van der Waals surface area (Å²) in [4.78, 5) is 27.3. The van der Waals surface area contributed by atoms with E-state index in [0.717, 1.165) is 29.9 Å². The molecule has 1 aliphatic heterocycles. The molecular formula is C19H24N4O2S. The molecule has 1 aromatic carbocycles. The van der Waals surface area contributed by atoms with Crippen molar-refractivity contribution in [1.82, 2.24) is 19.8 Å². The minimum absolute atomic E-state index is 0.0233.